The first-order valence-corrected chi connectivity index (χ1v) is 11.8. The first-order valence-electron chi connectivity index (χ1n) is 11.0. The molecule has 34 heavy (non-hydrogen) atoms. The minimum atomic E-state index is -0.614. The second-order valence-corrected chi connectivity index (χ2v) is 9.88. The number of aryl methyl sites for hydroxylation is 1. The first-order chi connectivity index (χ1) is 16.3. The van der Waals surface area contributed by atoms with Crippen LogP contribution in [0.25, 0.3) is 21.5 Å². The topological polar surface area (TPSA) is 73.3 Å². The van der Waals surface area contributed by atoms with Gasteiger partial charge in [-0.3, -0.25) is 15.1 Å². The minimum absolute atomic E-state index is 0.126. The number of fused-ring (bicyclic) bond motifs is 1. The van der Waals surface area contributed by atoms with Crippen LogP contribution in [0, 0.1) is 12.7 Å². The van der Waals surface area contributed by atoms with E-state index in [1.165, 1.54) is 17.4 Å². The molecule has 0 aliphatic carbocycles. The predicted molar refractivity (Wildman–Crippen MR) is 131 cm³/mol. The van der Waals surface area contributed by atoms with Crippen LogP contribution in [0.2, 0.25) is 0 Å². The van der Waals surface area contributed by atoms with Gasteiger partial charge in [0.05, 0.1) is 22.9 Å². The molecule has 4 aromatic rings. The number of thiazole rings is 1. The summed E-state index contributed by atoms with van der Waals surface area (Å²) in [7, 11) is 0. The molecule has 174 valence electrons. The highest BCUT2D eigenvalue weighted by Crippen LogP contribution is 2.28. The molecule has 1 aliphatic rings. The number of halogens is 1. The molecule has 2 aromatic carbocycles. The molecular weight excluding hydrogens is 453 g/mol. The van der Waals surface area contributed by atoms with Gasteiger partial charge < -0.3 is 9.47 Å². The monoisotopic (exact) mass is 477 g/mol. The molecule has 5 rings (SSSR count). The van der Waals surface area contributed by atoms with Crippen LogP contribution in [-0.4, -0.2) is 34.4 Å². The van der Waals surface area contributed by atoms with Gasteiger partial charge in [-0.05, 0) is 62.2 Å². The van der Waals surface area contributed by atoms with Gasteiger partial charge in [-0.2, -0.15) is 0 Å². The molecule has 0 saturated carbocycles. The fourth-order valence-corrected chi connectivity index (χ4v) is 4.92. The largest absolute Gasteiger partial charge is 0.348 e. The van der Waals surface area contributed by atoms with Gasteiger partial charge in [-0.15, -0.1) is 0 Å². The summed E-state index contributed by atoms with van der Waals surface area (Å²) in [4.78, 5) is 21.5. The van der Waals surface area contributed by atoms with Crippen LogP contribution < -0.4 is 5.32 Å². The first kappa shape index (κ1) is 22.6. The number of nitrogens with zero attached hydrogens (tertiary/aromatic N) is 2. The summed E-state index contributed by atoms with van der Waals surface area (Å²) in [6.45, 7) is 6.21. The van der Waals surface area contributed by atoms with Crippen molar-refractivity contribution in [3.8, 4) is 11.3 Å². The zero-order valence-electron chi connectivity index (χ0n) is 19.1. The number of hydrogen-bond acceptors (Lipinski definition) is 6. The summed E-state index contributed by atoms with van der Waals surface area (Å²) in [6, 6.07) is 14.1. The smallest absolute Gasteiger partial charge is 0.257 e. The standard InChI is InChI=1S/C26H24FN3O3S/c1-15-4-9-21-22(10-15)34-25(29-21)30-24(31)18-7-5-17(6-8-18)23-20(27)12-16(13-28-23)11-19-14-32-26(2,3)33-19/h4-10,12-13,19H,11,14H2,1-3H3,(H,29,30,31)/t19-/m1/s1. The second-order valence-electron chi connectivity index (χ2n) is 8.85. The van der Waals surface area contributed by atoms with E-state index in [4.69, 9.17) is 9.47 Å². The van der Waals surface area contributed by atoms with Crippen LogP contribution in [0.5, 0.6) is 0 Å². The van der Waals surface area contributed by atoms with Crippen molar-refractivity contribution in [2.45, 2.75) is 39.1 Å². The quantitative estimate of drug-likeness (QED) is 0.396. The number of carbonyl (C=O) groups is 1. The van der Waals surface area contributed by atoms with Crippen molar-refractivity contribution < 1.29 is 18.7 Å². The second kappa shape index (κ2) is 8.87. The van der Waals surface area contributed by atoms with E-state index in [-0.39, 0.29) is 17.7 Å². The molecule has 6 nitrogen and oxygen atoms in total. The Kier molecular flexibility index (Phi) is 5.89. The van der Waals surface area contributed by atoms with Gasteiger partial charge in [-0.1, -0.05) is 29.5 Å². The molecular formula is C26H24FN3O3S. The summed E-state index contributed by atoms with van der Waals surface area (Å²) < 4.78 is 27.2. The van der Waals surface area contributed by atoms with Crippen molar-refractivity contribution in [1.82, 2.24) is 9.97 Å². The van der Waals surface area contributed by atoms with E-state index in [9.17, 15) is 9.18 Å². The molecule has 3 heterocycles. The van der Waals surface area contributed by atoms with Crippen molar-refractivity contribution in [3.05, 3.63) is 77.2 Å². The summed E-state index contributed by atoms with van der Waals surface area (Å²) in [5.41, 5.74) is 4.02. The van der Waals surface area contributed by atoms with Crippen molar-refractivity contribution in [2.75, 3.05) is 11.9 Å². The van der Waals surface area contributed by atoms with Gasteiger partial charge in [-0.25, -0.2) is 9.37 Å². The van der Waals surface area contributed by atoms with Crippen LogP contribution in [-0.2, 0) is 15.9 Å². The Labute approximate surface area is 200 Å². The Bertz CT molecular complexity index is 1370. The van der Waals surface area contributed by atoms with Gasteiger partial charge >= 0.3 is 0 Å². The van der Waals surface area contributed by atoms with Gasteiger partial charge in [0.25, 0.3) is 5.91 Å². The zero-order valence-corrected chi connectivity index (χ0v) is 19.9. The van der Waals surface area contributed by atoms with E-state index < -0.39 is 11.6 Å². The van der Waals surface area contributed by atoms with Crippen LogP contribution >= 0.6 is 11.3 Å². The molecule has 1 aliphatic heterocycles. The van der Waals surface area contributed by atoms with Gasteiger partial charge in [0, 0.05) is 23.7 Å². The summed E-state index contributed by atoms with van der Waals surface area (Å²) in [5, 5.41) is 3.38. The minimum Gasteiger partial charge on any atom is -0.348 e. The summed E-state index contributed by atoms with van der Waals surface area (Å²) in [6.07, 6.45) is 2.06. The Balaban J connectivity index is 1.27. The van der Waals surface area contributed by atoms with Crippen LogP contribution in [0.15, 0.2) is 54.7 Å². The maximum absolute atomic E-state index is 14.8. The van der Waals surface area contributed by atoms with Gasteiger partial charge in [0.1, 0.15) is 11.5 Å². The Morgan fingerprint density at radius 3 is 2.71 bits per heavy atom. The molecule has 0 spiro atoms. The molecule has 0 radical (unpaired) electrons. The predicted octanol–water partition coefficient (Wildman–Crippen LogP) is 5.75. The van der Waals surface area contributed by atoms with E-state index in [1.807, 2.05) is 39.0 Å². The number of aromatic nitrogens is 2. The van der Waals surface area contributed by atoms with Crippen LogP contribution in [0.1, 0.15) is 35.3 Å². The van der Waals surface area contributed by atoms with E-state index in [1.54, 1.807) is 30.5 Å². The van der Waals surface area contributed by atoms with Crippen molar-refractivity contribution in [1.29, 1.82) is 0 Å². The number of amides is 1. The van der Waals surface area contributed by atoms with Crippen LogP contribution in [0.4, 0.5) is 9.52 Å². The highest BCUT2D eigenvalue weighted by molar-refractivity contribution is 7.22. The van der Waals surface area contributed by atoms with E-state index in [0.717, 1.165) is 21.3 Å². The maximum atomic E-state index is 14.8. The van der Waals surface area contributed by atoms with Crippen molar-refractivity contribution >= 4 is 32.6 Å². The molecule has 1 saturated heterocycles. The highest BCUT2D eigenvalue weighted by Gasteiger charge is 2.32. The van der Waals surface area contributed by atoms with Crippen LogP contribution in [0.3, 0.4) is 0 Å². The third-order valence-corrected chi connectivity index (χ3v) is 6.55. The Morgan fingerprint density at radius 1 is 1.21 bits per heavy atom. The number of ether oxygens (including phenoxy) is 2. The molecule has 1 N–H and O–H groups in total. The third-order valence-electron chi connectivity index (χ3n) is 5.61. The average Bonchev–Trinajstić information content (AvgIpc) is 3.35. The number of pyridine rings is 1. The number of hydrogen-bond donors (Lipinski definition) is 1. The third kappa shape index (κ3) is 4.84. The summed E-state index contributed by atoms with van der Waals surface area (Å²) in [5.74, 6) is -1.30. The Hall–Kier alpha value is -3.20. The number of rotatable bonds is 5. The summed E-state index contributed by atoms with van der Waals surface area (Å²) >= 11 is 1.43. The highest BCUT2D eigenvalue weighted by atomic mass is 32.1. The fraction of sp³-hybridized carbons (Fsp3) is 0.269. The lowest BCUT2D eigenvalue weighted by atomic mass is 10.1. The zero-order chi connectivity index (χ0) is 23.9. The lowest BCUT2D eigenvalue weighted by molar-refractivity contribution is -0.138. The Morgan fingerprint density at radius 2 is 2.00 bits per heavy atom. The maximum Gasteiger partial charge on any atom is 0.257 e. The number of anilines is 1. The average molecular weight is 478 g/mol. The number of carbonyl (C=O) groups excluding carboxylic acids is 1. The molecule has 1 fully saturated rings. The molecule has 1 amide bonds. The number of benzene rings is 2. The van der Waals surface area contributed by atoms with Crippen molar-refractivity contribution in [3.63, 3.8) is 0 Å². The molecule has 8 heteroatoms. The van der Waals surface area contributed by atoms with Crippen molar-refractivity contribution in [2.24, 2.45) is 0 Å². The van der Waals surface area contributed by atoms with Gasteiger partial charge in [0.15, 0.2) is 10.9 Å². The van der Waals surface area contributed by atoms with E-state index in [2.05, 4.69) is 15.3 Å². The lowest BCUT2D eigenvalue weighted by Crippen LogP contribution is -2.22. The molecule has 1 atom stereocenters. The van der Waals surface area contributed by atoms with E-state index in [0.29, 0.717) is 29.3 Å². The SMILES string of the molecule is Cc1ccc2nc(NC(=O)c3ccc(-c4ncc(C[C@@H]5COC(C)(C)O5)cc4F)cc3)sc2c1. The normalized spacial score (nSPS) is 17.2. The molecule has 0 bridgehead atoms. The fourth-order valence-electron chi connectivity index (χ4n) is 3.96. The van der Waals surface area contributed by atoms with E-state index >= 15 is 0 Å². The number of nitrogens with one attached hydrogen (secondary N) is 1. The lowest BCUT2D eigenvalue weighted by Gasteiger charge is -2.17. The molecule has 0 unspecified atom stereocenters. The molecule has 2 aromatic heterocycles. The van der Waals surface area contributed by atoms with Gasteiger partial charge in [0.2, 0.25) is 0 Å².